The third kappa shape index (κ3) is 25.9. The minimum Gasteiger partial charge on any atom is -0.512 e. The van der Waals surface area contributed by atoms with Crippen LogP contribution in [0.3, 0.4) is 0 Å². The second-order valence-corrected chi connectivity index (χ2v) is 7.07. The fraction of sp³-hybridized carbons (Fsp3) is 0.500. The zero-order valence-electron chi connectivity index (χ0n) is 21.9. The van der Waals surface area contributed by atoms with Crippen LogP contribution in [-0.4, -0.2) is 43.6 Å². The summed E-state index contributed by atoms with van der Waals surface area (Å²) in [5.41, 5.74) is 1.74. The summed E-state index contributed by atoms with van der Waals surface area (Å²) < 4.78 is 0. The Morgan fingerprint density at radius 2 is 0.424 bits per heavy atom. The SMILES string of the molecule is CC(=O)/C(C)=C(/C)O.CC(=O)/C(C)=C(/C)O.CC(=O)/C(C)=C(/C)O.CC(=O)/C(C)=C(/C)O.[Zr]. The van der Waals surface area contributed by atoms with Crippen LogP contribution in [0.5, 0.6) is 0 Å². The van der Waals surface area contributed by atoms with Crippen molar-refractivity contribution in [2.45, 2.75) is 83.1 Å². The molecule has 0 aliphatic rings. The maximum atomic E-state index is 10.4. The van der Waals surface area contributed by atoms with E-state index in [0.717, 1.165) is 0 Å². The van der Waals surface area contributed by atoms with Crippen molar-refractivity contribution in [3.05, 3.63) is 45.3 Å². The van der Waals surface area contributed by atoms with Crippen molar-refractivity contribution < 1.29 is 65.8 Å². The predicted octanol–water partition coefficient (Wildman–Crippen LogP) is 5.71. The summed E-state index contributed by atoms with van der Waals surface area (Å²) in [6.45, 7) is 18.1. The van der Waals surface area contributed by atoms with E-state index in [1.54, 1.807) is 27.7 Å². The van der Waals surface area contributed by atoms with Crippen LogP contribution in [0.4, 0.5) is 0 Å². The minimum atomic E-state index is -0.0787. The average Bonchev–Trinajstić information content (AvgIpc) is 2.65. The molecule has 0 aromatic carbocycles. The van der Waals surface area contributed by atoms with Crippen molar-refractivity contribution in [2.24, 2.45) is 0 Å². The van der Waals surface area contributed by atoms with E-state index >= 15 is 0 Å². The van der Waals surface area contributed by atoms with E-state index in [2.05, 4.69) is 0 Å². The first kappa shape index (κ1) is 41.0. The first-order chi connectivity index (χ1) is 14.2. The Morgan fingerprint density at radius 1 is 0.333 bits per heavy atom. The van der Waals surface area contributed by atoms with Crippen LogP contribution in [0.2, 0.25) is 0 Å². The third-order valence-electron chi connectivity index (χ3n) is 4.28. The predicted molar refractivity (Wildman–Crippen MR) is 127 cm³/mol. The molecule has 0 rings (SSSR count). The summed E-state index contributed by atoms with van der Waals surface area (Å²) >= 11 is 0. The molecular weight excluding hydrogens is 507 g/mol. The van der Waals surface area contributed by atoms with E-state index in [0.29, 0.717) is 22.3 Å². The van der Waals surface area contributed by atoms with Gasteiger partial charge in [0.15, 0.2) is 23.1 Å². The van der Waals surface area contributed by atoms with Gasteiger partial charge in [-0.1, -0.05) is 0 Å². The molecule has 0 aliphatic carbocycles. The van der Waals surface area contributed by atoms with Gasteiger partial charge in [0.2, 0.25) is 0 Å². The molecule has 0 heterocycles. The van der Waals surface area contributed by atoms with Gasteiger partial charge in [0.25, 0.3) is 0 Å². The summed E-state index contributed by atoms with van der Waals surface area (Å²) in [5, 5.41) is 34.6. The van der Waals surface area contributed by atoms with Gasteiger partial charge in [-0.05, 0) is 83.1 Å². The van der Waals surface area contributed by atoms with Crippen LogP contribution in [0.1, 0.15) is 83.1 Å². The Balaban J connectivity index is -0.000000105. The number of aliphatic hydroxyl groups is 4. The molecule has 0 atom stereocenters. The first-order valence-electron chi connectivity index (χ1n) is 9.71. The Kier molecular flexibility index (Phi) is 26.8. The number of hydrogen-bond acceptors (Lipinski definition) is 8. The van der Waals surface area contributed by atoms with Crippen LogP contribution in [0.25, 0.3) is 0 Å². The standard InChI is InChI=1S/4C6H10O2.Zr/c4*1-4(5(2)7)6(3)8;/h4*7H,1-3H3;/b4*5-4-;. The van der Waals surface area contributed by atoms with Crippen molar-refractivity contribution >= 4 is 23.1 Å². The fourth-order valence-electron chi connectivity index (χ4n) is 1.02. The molecule has 0 bridgehead atoms. The van der Waals surface area contributed by atoms with Gasteiger partial charge in [-0.15, -0.1) is 0 Å². The molecule has 4 N–H and O–H groups in total. The molecule has 0 amide bonds. The van der Waals surface area contributed by atoms with Crippen molar-refractivity contribution in [3.63, 3.8) is 0 Å². The molecule has 9 heteroatoms. The van der Waals surface area contributed by atoms with E-state index < -0.39 is 0 Å². The molecule has 8 nitrogen and oxygen atoms in total. The molecule has 0 aromatic rings. The van der Waals surface area contributed by atoms with Crippen molar-refractivity contribution in [1.82, 2.24) is 0 Å². The summed E-state index contributed by atoms with van der Waals surface area (Å²) in [7, 11) is 0. The first-order valence-corrected chi connectivity index (χ1v) is 9.71. The van der Waals surface area contributed by atoms with Crippen LogP contribution >= 0.6 is 0 Å². The topological polar surface area (TPSA) is 149 Å². The summed E-state index contributed by atoms with van der Waals surface area (Å²) in [6, 6.07) is 0. The van der Waals surface area contributed by atoms with Crippen LogP contribution in [0.15, 0.2) is 45.3 Å². The second kappa shape index (κ2) is 21.6. The van der Waals surface area contributed by atoms with Gasteiger partial charge < -0.3 is 20.4 Å². The molecule has 0 spiro atoms. The number of ketones is 4. The Bertz CT molecular complexity index is 660. The van der Waals surface area contributed by atoms with Crippen molar-refractivity contribution in [1.29, 1.82) is 0 Å². The Hall–Kier alpha value is -2.28. The molecule has 0 saturated heterocycles. The number of Topliss-reactive ketones (excluding diaryl/α,β-unsaturated/α-hetero) is 4. The molecule has 0 unspecified atom stereocenters. The normalized spacial score (nSPS) is 12.5. The zero-order chi connectivity index (χ0) is 26.9. The summed E-state index contributed by atoms with van der Waals surface area (Å²) in [5.74, 6) is 0.120. The quantitative estimate of drug-likeness (QED) is 0.258. The summed E-state index contributed by atoms with van der Waals surface area (Å²) in [4.78, 5) is 41.5. The van der Waals surface area contributed by atoms with Crippen LogP contribution in [-0.2, 0) is 45.4 Å². The number of aliphatic hydroxyl groups excluding tert-OH is 4. The Morgan fingerprint density at radius 3 is 0.424 bits per heavy atom. The van der Waals surface area contributed by atoms with Gasteiger partial charge in [0, 0.05) is 48.5 Å². The third-order valence-corrected chi connectivity index (χ3v) is 4.28. The maximum Gasteiger partial charge on any atom is 0.158 e. The van der Waals surface area contributed by atoms with Gasteiger partial charge >= 0.3 is 0 Å². The molecular formula is C24H40O8Zr. The molecule has 188 valence electrons. The monoisotopic (exact) mass is 546 g/mol. The number of carbonyl (C=O) groups is 4. The number of rotatable bonds is 4. The van der Waals surface area contributed by atoms with Gasteiger partial charge in [-0.2, -0.15) is 0 Å². The van der Waals surface area contributed by atoms with Crippen molar-refractivity contribution in [3.8, 4) is 0 Å². The molecule has 0 aliphatic heterocycles. The largest absolute Gasteiger partial charge is 0.512 e. The zero-order valence-corrected chi connectivity index (χ0v) is 24.4. The van der Waals surface area contributed by atoms with E-state index in [-0.39, 0.29) is 72.4 Å². The molecule has 0 fully saturated rings. The number of allylic oxidation sites excluding steroid dienone is 8. The molecule has 0 saturated carbocycles. The minimum absolute atomic E-state index is 0. The van der Waals surface area contributed by atoms with Crippen molar-refractivity contribution in [2.75, 3.05) is 0 Å². The smallest absolute Gasteiger partial charge is 0.158 e. The molecule has 0 radical (unpaired) electrons. The van der Waals surface area contributed by atoms with E-state index in [1.807, 2.05) is 0 Å². The van der Waals surface area contributed by atoms with Gasteiger partial charge in [0.1, 0.15) is 0 Å². The van der Waals surface area contributed by atoms with Gasteiger partial charge in [0.05, 0.1) is 23.0 Å². The second-order valence-electron chi connectivity index (χ2n) is 7.07. The van der Waals surface area contributed by atoms with E-state index in [9.17, 15) is 19.2 Å². The van der Waals surface area contributed by atoms with Crippen LogP contribution in [0, 0.1) is 0 Å². The number of hydrogen-bond donors (Lipinski definition) is 4. The number of carbonyl (C=O) groups excluding carboxylic acids is 4. The molecule has 33 heavy (non-hydrogen) atoms. The van der Waals surface area contributed by atoms with E-state index in [1.165, 1.54) is 55.4 Å². The van der Waals surface area contributed by atoms with Gasteiger partial charge in [-0.3, -0.25) is 19.2 Å². The average molecular weight is 548 g/mol. The fourth-order valence-corrected chi connectivity index (χ4v) is 1.02. The van der Waals surface area contributed by atoms with Crippen LogP contribution < -0.4 is 0 Å². The molecule has 0 aromatic heterocycles. The Labute approximate surface area is 216 Å². The maximum absolute atomic E-state index is 10.4. The summed E-state index contributed by atoms with van der Waals surface area (Å²) in [6.07, 6.45) is 0. The van der Waals surface area contributed by atoms with Gasteiger partial charge in [-0.25, -0.2) is 0 Å². The van der Waals surface area contributed by atoms with E-state index in [4.69, 9.17) is 20.4 Å².